The van der Waals surface area contributed by atoms with Crippen LogP contribution in [0.1, 0.15) is 25.5 Å². The van der Waals surface area contributed by atoms with Gasteiger partial charge in [0, 0.05) is 18.8 Å². The Hall–Kier alpha value is -1.55. The van der Waals surface area contributed by atoms with E-state index in [-0.39, 0.29) is 0 Å². The van der Waals surface area contributed by atoms with E-state index in [9.17, 15) is 0 Å². The predicted octanol–water partition coefficient (Wildman–Crippen LogP) is 2.42. The summed E-state index contributed by atoms with van der Waals surface area (Å²) in [5, 5.41) is 7.69. The van der Waals surface area contributed by atoms with Crippen molar-refractivity contribution in [3.63, 3.8) is 0 Å². The molecule has 17 heavy (non-hydrogen) atoms. The van der Waals surface area contributed by atoms with Gasteiger partial charge in [0.1, 0.15) is 11.5 Å². The van der Waals surface area contributed by atoms with Gasteiger partial charge in [-0.05, 0) is 31.9 Å². The van der Waals surface area contributed by atoms with Crippen LogP contribution in [-0.4, -0.2) is 15.8 Å². The average Bonchev–Trinajstić information content (AvgIpc) is 2.89. The minimum absolute atomic E-state index is 0.714. The van der Waals surface area contributed by atoms with Gasteiger partial charge in [-0.3, -0.25) is 4.68 Å². The van der Waals surface area contributed by atoms with Gasteiger partial charge in [-0.15, -0.1) is 0 Å². The molecule has 1 N–H and O–H groups in total. The first-order chi connectivity index (χ1) is 8.35. The lowest BCUT2D eigenvalue weighted by Gasteiger charge is -1.98. The summed E-state index contributed by atoms with van der Waals surface area (Å²) in [6, 6.07) is 4.76. The molecule has 2 aromatic rings. The molecular weight excluding hydrogens is 214 g/mol. The Morgan fingerprint density at radius 1 is 1.47 bits per heavy atom. The first kappa shape index (κ1) is 10.6. The first-order valence-corrected chi connectivity index (χ1v) is 6.20. The first-order valence-electron chi connectivity index (χ1n) is 6.20. The molecule has 3 rings (SSSR count). The lowest BCUT2D eigenvalue weighted by molar-refractivity contribution is 0.492. The molecule has 0 radical (unpaired) electrons. The smallest absolute Gasteiger partial charge is 0.137 e. The summed E-state index contributed by atoms with van der Waals surface area (Å²) < 4.78 is 7.69. The van der Waals surface area contributed by atoms with E-state index in [4.69, 9.17) is 4.42 Å². The highest BCUT2D eigenvalue weighted by molar-refractivity contribution is 5.55. The van der Waals surface area contributed by atoms with Gasteiger partial charge >= 0.3 is 0 Å². The monoisotopic (exact) mass is 231 g/mol. The summed E-state index contributed by atoms with van der Waals surface area (Å²) in [7, 11) is 0. The van der Waals surface area contributed by atoms with E-state index in [1.807, 2.05) is 29.2 Å². The normalized spacial score (nSPS) is 15.4. The number of hydrogen-bond acceptors (Lipinski definition) is 3. The maximum atomic E-state index is 5.79. The van der Waals surface area contributed by atoms with Gasteiger partial charge in [0.05, 0.1) is 18.3 Å². The van der Waals surface area contributed by atoms with Crippen LogP contribution in [0.3, 0.4) is 0 Å². The minimum atomic E-state index is 0.714. The summed E-state index contributed by atoms with van der Waals surface area (Å²) in [5.74, 6) is 1.90. The predicted molar refractivity (Wildman–Crippen MR) is 65.5 cm³/mol. The van der Waals surface area contributed by atoms with Crippen molar-refractivity contribution in [3.05, 3.63) is 30.3 Å². The molecule has 2 heterocycles. The lowest BCUT2D eigenvalue weighted by atomic mass is 10.3. The second-order valence-corrected chi connectivity index (χ2v) is 4.51. The Balaban J connectivity index is 1.69. The van der Waals surface area contributed by atoms with E-state index >= 15 is 0 Å². The fraction of sp³-hybridized carbons (Fsp3) is 0.462. The molecule has 1 fully saturated rings. The SMILES string of the molecule is CCn1cc(-c2ccc(CNC3CC3)o2)cn1. The molecule has 0 aromatic carbocycles. The standard InChI is InChI=1S/C13H17N3O/c1-2-16-9-10(7-15-16)13-6-5-12(17-13)8-14-11-3-4-11/h5-7,9,11,14H,2-4,8H2,1H3. The molecule has 0 bridgehead atoms. The van der Waals surface area contributed by atoms with Crippen LogP contribution in [0.25, 0.3) is 11.3 Å². The van der Waals surface area contributed by atoms with Crippen molar-refractivity contribution in [2.75, 3.05) is 0 Å². The molecule has 0 saturated heterocycles. The molecule has 90 valence electrons. The van der Waals surface area contributed by atoms with Gasteiger partial charge in [-0.1, -0.05) is 0 Å². The zero-order valence-electron chi connectivity index (χ0n) is 10.0. The maximum Gasteiger partial charge on any atom is 0.137 e. The van der Waals surface area contributed by atoms with Gasteiger partial charge in [-0.2, -0.15) is 5.10 Å². The van der Waals surface area contributed by atoms with Crippen LogP contribution in [0, 0.1) is 0 Å². The van der Waals surface area contributed by atoms with Crippen LogP contribution in [0.15, 0.2) is 28.9 Å². The molecule has 0 spiro atoms. The third kappa shape index (κ3) is 2.42. The second kappa shape index (κ2) is 4.37. The highest BCUT2D eigenvalue weighted by atomic mass is 16.3. The fourth-order valence-electron chi connectivity index (χ4n) is 1.82. The van der Waals surface area contributed by atoms with E-state index in [0.717, 1.165) is 30.2 Å². The average molecular weight is 231 g/mol. The van der Waals surface area contributed by atoms with E-state index in [1.165, 1.54) is 12.8 Å². The largest absolute Gasteiger partial charge is 0.460 e. The van der Waals surface area contributed by atoms with Gasteiger partial charge in [0.2, 0.25) is 0 Å². The van der Waals surface area contributed by atoms with E-state index in [2.05, 4.69) is 17.3 Å². The van der Waals surface area contributed by atoms with Crippen molar-refractivity contribution in [2.24, 2.45) is 0 Å². The van der Waals surface area contributed by atoms with Crippen molar-refractivity contribution >= 4 is 0 Å². The van der Waals surface area contributed by atoms with Gasteiger partial charge in [-0.25, -0.2) is 0 Å². The van der Waals surface area contributed by atoms with Crippen molar-refractivity contribution in [2.45, 2.75) is 38.9 Å². The number of aromatic nitrogens is 2. The molecule has 2 aromatic heterocycles. The molecule has 0 aliphatic heterocycles. The highest BCUT2D eigenvalue weighted by Gasteiger charge is 2.20. The lowest BCUT2D eigenvalue weighted by Crippen LogP contribution is -2.14. The molecule has 0 amide bonds. The maximum absolute atomic E-state index is 5.79. The van der Waals surface area contributed by atoms with Crippen LogP contribution < -0.4 is 5.32 Å². The summed E-state index contributed by atoms with van der Waals surface area (Å²) in [6.07, 6.45) is 6.46. The third-order valence-corrected chi connectivity index (χ3v) is 3.05. The summed E-state index contributed by atoms with van der Waals surface area (Å²) in [5.41, 5.74) is 1.05. The van der Waals surface area contributed by atoms with Crippen LogP contribution >= 0.6 is 0 Å². The molecule has 0 unspecified atom stereocenters. The summed E-state index contributed by atoms with van der Waals surface area (Å²) in [6.45, 7) is 3.79. The third-order valence-electron chi connectivity index (χ3n) is 3.05. The zero-order valence-corrected chi connectivity index (χ0v) is 10.0. The Labute approximate surface area is 101 Å². The summed E-state index contributed by atoms with van der Waals surface area (Å²) >= 11 is 0. The number of nitrogens with zero attached hydrogens (tertiary/aromatic N) is 2. The Morgan fingerprint density at radius 3 is 3.06 bits per heavy atom. The number of rotatable bonds is 5. The van der Waals surface area contributed by atoms with Crippen LogP contribution in [0.2, 0.25) is 0 Å². The molecule has 1 saturated carbocycles. The molecule has 1 aliphatic rings. The second-order valence-electron chi connectivity index (χ2n) is 4.51. The molecule has 4 heteroatoms. The summed E-state index contributed by atoms with van der Waals surface area (Å²) in [4.78, 5) is 0. The van der Waals surface area contributed by atoms with Crippen molar-refractivity contribution in [3.8, 4) is 11.3 Å². The number of aryl methyl sites for hydroxylation is 1. The Kier molecular flexibility index (Phi) is 2.73. The number of furan rings is 1. The zero-order chi connectivity index (χ0) is 11.7. The molecule has 4 nitrogen and oxygen atoms in total. The van der Waals surface area contributed by atoms with Crippen LogP contribution in [0.5, 0.6) is 0 Å². The molecule has 1 aliphatic carbocycles. The number of hydrogen-bond donors (Lipinski definition) is 1. The van der Waals surface area contributed by atoms with Gasteiger partial charge < -0.3 is 9.73 Å². The van der Waals surface area contributed by atoms with Gasteiger partial charge in [0.15, 0.2) is 0 Å². The van der Waals surface area contributed by atoms with E-state index in [0.29, 0.717) is 6.04 Å². The Morgan fingerprint density at radius 2 is 2.35 bits per heavy atom. The molecule has 0 atom stereocenters. The van der Waals surface area contributed by atoms with E-state index in [1.54, 1.807) is 0 Å². The van der Waals surface area contributed by atoms with Crippen LogP contribution in [0.4, 0.5) is 0 Å². The van der Waals surface area contributed by atoms with Crippen LogP contribution in [-0.2, 0) is 13.1 Å². The Bertz CT molecular complexity index is 496. The van der Waals surface area contributed by atoms with E-state index < -0.39 is 0 Å². The fourth-order valence-corrected chi connectivity index (χ4v) is 1.82. The minimum Gasteiger partial charge on any atom is -0.460 e. The quantitative estimate of drug-likeness (QED) is 0.859. The van der Waals surface area contributed by atoms with Gasteiger partial charge in [0.25, 0.3) is 0 Å². The van der Waals surface area contributed by atoms with Crippen molar-refractivity contribution in [1.82, 2.24) is 15.1 Å². The number of nitrogens with one attached hydrogen (secondary N) is 1. The topological polar surface area (TPSA) is 43.0 Å². The van der Waals surface area contributed by atoms with Crippen molar-refractivity contribution < 1.29 is 4.42 Å². The highest BCUT2D eigenvalue weighted by Crippen LogP contribution is 2.23. The molecular formula is C13H17N3O. The van der Waals surface area contributed by atoms with Crippen molar-refractivity contribution in [1.29, 1.82) is 0 Å².